The summed E-state index contributed by atoms with van der Waals surface area (Å²) in [6, 6.07) is 2.93. The van der Waals surface area contributed by atoms with Crippen LogP contribution in [0.5, 0.6) is 0 Å². The molecule has 0 radical (unpaired) electrons. The van der Waals surface area contributed by atoms with Crippen LogP contribution in [0.4, 0.5) is 14.9 Å². The minimum Gasteiger partial charge on any atom is -0.466 e. The van der Waals surface area contributed by atoms with Crippen LogP contribution in [0.25, 0.3) is 0 Å². The van der Waals surface area contributed by atoms with E-state index in [0.29, 0.717) is 36.3 Å². The van der Waals surface area contributed by atoms with Crippen LogP contribution in [-0.2, 0) is 27.1 Å². The third-order valence-corrected chi connectivity index (χ3v) is 3.47. The summed E-state index contributed by atoms with van der Waals surface area (Å²) in [5.74, 6) is -1.11. The quantitative estimate of drug-likeness (QED) is 0.865. The second-order valence-corrected chi connectivity index (χ2v) is 6.58. The van der Waals surface area contributed by atoms with Gasteiger partial charge in [0.25, 0.3) is 0 Å². The van der Waals surface area contributed by atoms with Crippen LogP contribution < -0.4 is 5.32 Å². The van der Waals surface area contributed by atoms with Gasteiger partial charge < -0.3 is 9.47 Å². The van der Waals surface area contributed by atoms with Crippen molar-refractivity contribution in [1.82, 2.24) is 0 Å². The molecule has 0 saturated heterocycles. The molecule has 2 rings (SSSR count). The van der Waals surface area contributed by atoms with Crippen molar-refractivity contribution >= 4 is 17.7 Å². The van der Waals surface area contributed by atoms with Crippen molar-refractivity contribution in [2.45, 2.75) is 46.1 Å². The molecule has 0 aliphatic heterocycles. The van der Waals surface area contributed by atoms with Crippen molar-refractivity contribution in [1.29, 1.82) is 0 Å². The van der Waals surface area contributed by atoms with Gasteiger partial charge in [-0.2, -0.15) is 0 Å². The van der Waals surface area contributed by atoms with Crippen molar-refractivity contribution in [3.63, 3.8) is 0 Å². The zero-order valence-corrected chi connectivity index (χ0v) is 13.9. The molecule has 1 aromatic rings. The Morgan fingerprint density at radius 3 is 2.61 bits per heavy atom. The zero-order chi connectivity index (χ0) is 17.2. The topological polar surface area (TPSA) is 64.6 Å². The lowest BCUT2D eigenvalue weighted by molar-refractivity contribution is -0.147. The van der Waals surface area contributed by atoms with Gasteiger partial charge in [-0.15, -0.1) is 0 Å². The van der Waals surface area contributed by atoms with Gasteiger partial charge in [0.05, 0.1) is 12.5 Å². The Labute approximate surface area is 135 Å². The van der Waals surface area contributed by atoms with E-state index in [1.54, 1.807) is 33.8 Å². The predicted molar refractivity (Wildman–Crippen MR) is 83.8 cm³/mol. The van der Waals surface area contributed by atoms with Crippen LogP contribution in [0.1, 0.15) is 38.8 Å². The lowest BCUT2D eigenvalue weighted by Gasteiger charge is -2.20. The van der Waals surface area contributed by atoms with Gasteiger partial charge in [0.15, 0.2) is 0 Å². The molecule has 1 unspecified atom stereocenters. The number of benzene rings is 1. The fourth-order valence-corrected chi connectivity index (χ4v) is 2.61. The van der Waals surface area contributed by atoms with Crippen molar-refractivity contribution in [2.24, 2.45) is 5.92 Å². The SMILES string of the molecule is CCOC(=O)C1Cc2cc(NC(=O)OC(C)(C)C)cc(F)c2C1. The van der Waals surface area contributed by atoms with E-state index >= 15 is 0 Å². The Kier molecular flexibility index (Phi) is 4.92. The molecular formula is C17H22FNO4. The normalized spacial score (nSPS) is 16.7. The van der Waals surface area contributed by atoms with Gasteiger partial charge in [0, 0.05) is 5.69 Å². The first-order valence-electron chi connectivity index (χ1n) is 7.67. The molecule has 1 amide bonds. The lowest BCUT2D eigenvalue weighted by atomic mass is 10.1. The van der Waals surface area contributed by atoms with Gasteiger partial charge in [-0.05, 0) is 63.8 Å². The van der Waals surface area contributed by atoms with Crippen LogP contribution in [-0.4, -0.2) is 24.3 Å². The zero-order valence-electron chi connectivity index (χ0n) is 13.9. The molecule has 1 atom stereocenters. The number of hydrogen-bond acceptors (Lipinski definition) is 4. The van der Waals surface area contributed by atoms with Gasteiger partial charge in [0.2, 0.25) is 0 Å². The number of rotatable bonds is 3. The molecule has 0 fully saturated rings. The number of fused-ring (bicyclic) bond motifs is 1. The maximum Gasteiger partial charge on any atom is 0.412 e. The number of esters is 1. The first-order chi connectivity index (χ1) is 10.7. The van der Waals surface area contributed by atoms with E-state index < -0.39 is 17.5 Å². The molecule has 1 aliphatic rings. The first kappa shape index (κ1) is 17.2. The van der Waals surface area contributed by atoms with Crippen LogP contribution in [0, 0.1) is 11.7 Å². The Hall–Kier alpha value is -2.11. The molecule has 1 N–H and O–H groups in total. The maximum atomic E-state index is 14.2. The minimum absolute atomic E-state index is 0.305. The molecule has 0 spiro atoms. The van der Waals surface area contributed by atoms with Gasteiger partial charge >= 0.3 is 12.1 Å². The van der Waals surface area contributed by atoms with Crippen LogP contribution in [0.15, 0.2) is 12.1 Å². The smallest absolute Gasteiger partial charge is 0.412 e. The number of carbonyl (C=O) groups excluding carboxylic acids is 2. The van der Waals surface area contributed by atoms with Gasteiger partial charge in [-0.1, -0.05) is 0 Å². The molecule has 0 bridgehead atoms. The molecule has 6 heteroatoms. The molecule has 1 aliphatic carbocycles. The van der Waals surface area contributed by atoms with Crippen molar-refractivity contribution in [3.8, 4) is 0 Å². The largest absolute Gasteiger partial charge is 0.466 e. The summed E-state index contributed by atoms with van der Waals surface area (Å²) >= 11 is 0. The summed E-state index contributed by atoms with van der Waals surface area (Å²) in [7, 11) is 0. The van der Waals surface area contributed by atoms with Crippen LogP contribution in [0.2, 0.25) is 0 Å². The molecule has 126 valence electrons. The second-order valence-electron chi connectivity index (χ2n) is 6.58. The van der Waals surface area contributed by atoms with Gasteiger partial charge in [-0.3, -0.25) is 10.1 Å². The number of ether oxygens (including phenoxy) is 2. The first-order valence-corrected chi connectivity index (χ1v) is 7.67. The standard InChI is InChI=1S/C17H22FNO4/c1-5-22-15(20)11-6-10-7-12(9-14(18)13(10)8-11)19-16(21)23-17(2,3)4/h7,9,11H,5-6,8H2,1-4H3,(H,19,21). The fourth-order valence-electron chi connectivity index (χ4n) is 2.61. The molecule has 0 aromatic heterocycles. The number of anilines is 1. The third-order valence-electron chi connectivity index (χ3n) is 3.47. The van der Waals surface area contributed by atoms with Crippen LogP contribution >= 0.6 is 0 Å². The summed E-state index contributed by atoms with van der Waals surface area (Å²) in [6.07, 6.45) is 0.0959. The summed E-state index contributed by atoms with van der Waals surface area (Å²) in [5.41, 5.74) is 0.917. The Balaban J connectivity index is 2.11. The van der Waals surface area contributed by atoms with E-state index in [0.717, 1.165) is 0 Å². The summed E-state index contributed by atoms with van der Waals surface area (Å²) in [4.78, 5) is 23.6. The average Bonchev–Trinajstić information content (AvgIpc) is 2.81. The van der Waals surface area contributed by atoms with E-state index in [4.69, 9.17) is 9.47 Å². The van der Waals surface area contributed by atoms with E-state index in [9.17, 15) is 14.0 Å². The summed E-state index contributed by atoms with van der Waals surface area (Å²) < 4.78 is 24.4. The monoisotopic (exact) mass is 323 g/mol. The summed E-state index contributed by atoms with van der Waals surface area (Å²) in [5, 5.41) is 2.52. The van der Waals surface area contributed by atoms with E-state index in [-0.39, 0.29) is 11.9 Å². The maximum absolute atomic E-state index is 14.2. The van der Waals surface area contributed by atoms with Crippen LogP contribution in [0.3, 0.4) is 0 Å². The summed E-state index contributed by atoms with van der Waals surface area (Å²) in [6.45, 7) is 7.29. The fraction of sp³-hybridized carbons (Fsp3) is 0.529. The highest BCUT2D eigenvalue weighted by Crippen LogP contribution is 2.32. The lowest BCUT2D eigenvalue weighted by Crippen LogP contribution is -2.27. The molecule has 0 heterocycles. The highest BCUT2D eigenvalue weighted by Gasteiger charge is 2.31. The highest BCUT2D eigenvalue weighted by atomic mass is 19.1. The third kappa shape index (κ3) is 4.43. The Morgan fingerprint density at radius 2 is 2.00 bits per heavy atom. The highest BCUT2D eigenvalue weighted by molar-refractivity contribution is 5.85. The van der Waals surface area contributed by atoms with Crippen molar-refractivity contribution in [2.75, 3.05) is 11.9 Å². The van der Waals surface area contributed by atoms with Gasteiger partial charge in [0.1, 0.15) is 11.4 Å². The molecule has 23 heavy (non-hydrogen) atoms. The average molecular weight is 323 g/mol. The Bertz CT molecular complexity index is 622. The second kappa shape index (κ2) is 6.56. The van der Waals surface area contributed by atoms with Crippen molar-refractivity contribution in [3.05, 3.63) is 29.1 Å². The van der Waals surface area contributed by atoms with Gasteiger partial charge in [-0.25, -0.2) is 9.18 Å². The molecular weight excluding hydrogens is 301 g/mol. The number of amides is 1. The number of halogens is 1. The predicted octanol–water partition coefficient (Wildman–Crippen LogP) is 3.45. The Morgan fingerprint density at radius 1 is 1.30 bits per heavy atom. The van der Waals surface area contributed by atoms with E-state index in [1.165, 1.54) is 6.07 Å². The molecule has 1 aromatic carbocycles. The minimum atomic E-state index is -0.642. The molecule has 5 nitrogen and oxygen atoms in total. The number of hydrogen-bond donors (Lipinski definition) is 1. The van der Waals surface area contributed by atoms with E-state index in [2.05, 4.69) is 5.32 Å². The number of nitrogens with one attached hydrogen (secondary N) is 1. The van der Waals surface area contributed by atoms with Crippen molar-refractivity contribution < 1.29 is 23.5 Å². The molecule has 0 saturated carbocycles. The number of carbonyl (C=O) groups is 2. The van der Waals surface area contributed by atoms with E-state index in [1.807, 2.05) is 0 Å².